The molecule has 0 atom stereocenters. The number of aromatic nitrogens is 2. The van der Waals surface area contributed by atoms with Crippen LogP contribution in [0.4, 0.5) is 10.1 Å². The lowest BCUT2D eigenvalue weighted by molar-refractivity contribution is 0.271. The van der Waals surface area contributed by atoms with Crippen LogP contribution in [0, 0.1) is 5.82 Å². The zero-order chi connectivity index (χ0) is 15.5. The van der Waals surface area contributed by atoms with Gasteiger partial charge in [-0.15, -0.1) is 0 Å². The lowest BCUT2D eigenvalue weighted by Gasteiger charge is -2.35. The normalized spacial score (nSPS) is 16.0. The molecule has 2 heterocycles. The molecular weight excluding hydrogens is 303 g/mol. The van der Waals surface area contributed by atoms with Crippen molar-refractivity contribution >= 4 is 17.3 Å². The van der Waals surface area contributed by atoms with Crippen molar-refractivity contribution in [2.24, 2.45) is 0 Å². The molecule has 1 fully saturated rings. The molecule has 3 rings (SSSR count). The van der Waals surface area contributed by atoms with Gasteiger partial charge in [0.25, 0.3) is 0 Å². The molecule has 22 heavy (non-hydrogen) atoms. The first-order chi connectivity index (χ1) is 10.7. The van der Waals surface area contributed by atoms with Crippen LogP contribution in [-0.4, -0.2) is 47.6 Å². The van der Waals surface area contributed by atoms with Crippen LogP contribution in [0.5, 0.6) is 0 Å². The molecule has 4 nitrogen and oxygen atoms in total. The fourth-order valence-corrected chi connectivity index (χ4v) is 2.87. The summed E-state index contributed by atoms with van der Waals surface area (Å²) in [5.41, 5.74) is 2.24. The highest BCUT2D eigenvalue weighted by Gasteiger charge is 2.17. The molecule has 0 saturated carbocycles. The van der Waals surface area contributed by atoms with Gasteiger partial charge in [-0.3, -0.25) is 0 Å². The maximum absolute atomic E-state index is 14.0. The second-order valence-electron chi connectivity index (χ2n) is 5.33. The van der Waals surface area contributed by atoms with E-state index in [0.29, 0.717) is 5.69 Å². The van der Waals surface area contributed by atoms with Crippen LogP contribution < -0.4 is 4.90 Å². The van der Waals surface area contributed by atoms with Crippen molar-refractivity contribution in [3.63, 3.8) is 0 Å². The van der Waals surface area contributed by atoms with Crippen molar-refractivity contribution in [2.45, 2.75) is 6.92 Å². The predicted octanol–water partition coefficient (Wildman–Crippen LogP) is 3.08. The third kappa shape index (κ3) is 3.36. The molecule has 0 N–H and O–H groups in total. The zero-order valence-electron chi connectivity index (χ0n) is 12.5. The van der Waals surface area contributed by atoms with E-state index in [4.69, 9.17) is 11.6 Å². The molecule has 0 bridgehead atoms. The molecule has 1 aliphatic heterocycles. The van der Waals surface area contributed by atoms with Crippen LogP contribution in [0.2, 0.25) is 5.28 Å². The summed E-state index contributed by atoms with van der Waals surface area (Å²) in [4.78, 5) is 12.6. The summed E-state index contributed by atoms with van der Waals surface area (Å²) in [5, 5.41) is 0.167. The van der Waals surface area contributed by atoms with Crippen molar-refractivity contribution in [1.82, 2.24) is 14.9 Å². The van der Waals surface area contributed by atoms with E-state index in [1.54, 1.807) is 18.3 Å². The molecule has 2 aromatic rings. The van der Waals surface area contributed by atoms with Crippen molar-refractivity contribution < 1.29 is 4.39 Å². The van der Waals surface area contributed by atoms with Crippen LogP contribution >= 0.6 is 11.6 Å². The smallest absolute Gasteiger partial charge is 0.222 e. The number of hydrogen-bond donors (Lipinski definition) is 0. The Morgan fingerprint density at radius 3 is 2.64 bits per heavy atom. The Morgan fingerprint density at radius 1 is 1.18 bits per heavy atom. The Kier molecular flexibility index (Phi) is 4.55. The quantitative estimate of drug-likeness (QED) is 0.814. The monoisotopic (exact) mass is 320 g/mol. The molecular formula is C16H18ClFN4. The SMILES string of the molecule is CCN1CCN(c2cc(F)cc(-c3ccnc(Cl)n3)c2)CC1. The maximum atomic E-state index is 14.0. The number of benzene rings is 1. The minimum Gasteiger partial charge on any atom is -0.369 e. The number of nitrogens with zero attached hydrogens (tertiary/aromatic N) is 4. The van der Waals surface area contributed by atoms with Crippen molar-refractivity contribution in [3.05, 3.63) is 41.6 Å². The molecule has 0 radical (unpaired) electrons. The van der Waals surface area contributed by atoms with Gasteiger partial charge in [0.05, 0.1) is 5.69 Å². The van der Waals surface area contributed by atoms with E-state index in [2.05, 4.69) is 26.7 Å². The topological polar surface area (TPSA) is 32.3 Å². The number of piperazine rings is 1. The van der Waals surface area contributed by atoms with Gasteiger partial charge in [-0.05, 0) is 42.4 Å². The Bertz CT molecular complexity index is 656. The van der Waals surface area contributed by atoms with Crippen LogP contribution in [0.1, 0.15) is 6.92 Å². The lowest BCUT2D eigenvalue weighted by Crippen LogP contribution is -2.46. The van der Waals surface area contributed by atoms with Gasteiger partial charge in [-0.2, -0.15) is 0 Å². The highest BCUT2D eigenvalue weighted by molar-refractivity contribution is 6.28. The van der Waals surface area contributed by atoms with Crippen molar-refractivity contribution in [1.29, 1.82) is 0 Å². The van der Waals surface area contributed by atoms with Crippen LogP contribution in [0.25, 0.3) is 11.3 Å². The van der Waals surface area contributed by atoms with E-state index in [0.717, 1.165) is 44.0 Å². The number of anilines is 1. The van der Waals surface area contributed by atoms with Gasteiger partial charge in [0.2, 0.25) is 5.28 Å². The highest BCUT2D eigenvalue weighted by atomic mass is 35.5. The summed E-state index contributed by atoms with van der Waals surface area (Å²) >= 11 is 5.82. The molecule has 1 aromatic heterocycles. The van der Waals surface area contributed by atoms with Crippen molar-refractivity contribution in [2.75, 3.05) is 37.6 Å². The van der Waals surface area contributed by atoms with Gasteiger partial charge in [0.1, 0.15) is 5.82 Å². The summed E-state index contributed by atoms with van der Waals surface area (Å²) < 4.78 is 14.0. The fourth-order valence-electron chi connectivity index (χ4n) is 2.72. The first-order valence-corrected chi connectivity index (χ1v) is 7.80. The van der Waals surface area contributed by atoms with Gasteiger partial charge in [0, 0.05) is 43.6 Å². The largest absolute Gasteiger partial charge is 0.369 e. The number of halogens is 2. The molecule has 0 unspecified atom stereocenters. The average Bonchev–Trinajstić information content (AvgIpc) is 2.54. The Hall–Kier alpha value is -1.72. The van der Waals surface area contributed by atoms with E-state index >= 15 is 0 Å². The van der Waals surface area contributed by atoms with Crippen molar-refractivity contribution in [3.8, 4) is 11.3 Å². The summed E-state index contributed by atoms with van der Waals surface area (Å²) in [5.74, 6) is -0.264. The second kappa shape index (κ2) is 6.58. The fraction of sp³-hybridized carbons (Fsp3) is 0.375. The first-order valence-electron chi connectivity index (χ1n) is 7.42. The van der Waals surface area contributed by atoms with Gasteiger partial charge < -0.3 is 9.80 Å². The standard InChI is InChI=1S/C16H18ClFN4/c1-2-21-5-7-22(8-6-21)14-10-12(9-13(18)11-14)15-3-4-19-16(17)20-15/h3-4,9-11H,2,5-8H2,1H3. The Labute approximate surface area is 134 Å². The number of rotatable bonds is 3. The van der Waals surface area contributed by atoms with E-state index in [1.165, 1.54) is 6.07 Å². The minimum absolute atomic E-state index is 0.167. The summed E-state index contributed by atoms with van der Waals surface area (Å²) in [6.07, 6.45) is 1.58. The van der Waals surface area contributed by atoms with Crippen LogP contribution in [0.3, 0.4) is 0 Å². The Balaban J connectivity index is 1.87. The summed E-state index contributed by atoms with van der Waals surface area (Å²) in [7, 11) is 0. The molecule has 0 spiro atoms. The summed E-state index contributed by atoms with van der Waals surface area (Å²) in [6, 6.07) is 6.75. The number of likely N-dealkylation sites (N-methyl/N-ethyl adjacent to an activating group) is 1. The average molecular weight is 321 g/mol. The molecule has 0 aliphatic carbocycles. The third-order valence-corrected chi connectivity index (χ3v) is 4.17. The van der Waals surface area contributed by atoms with Gasteiger partial charge in [-0.25, -0.2) is 14.4 Å². The maximum Gasteiger partial charge on any atom is 0.222 e. The molecule has 6 heteroatoms. The number of hydrogen-bond acceptors (Lipinski definition) is 4. The minimum atomic E-state index is -0.264. The van der Waals surface area contributed by atoms with E-state index in [1.807, 2.05) is 6.07 Å². The Morgan fingerprint density at radius 2 is 1.95 bits per heavy atom. The van der Waals surface area contributed by atoms with Gasteiger partial charge in [0.15, 0.2) is 0 Å². The van der Waals surface area contributed by atoms with Gasteiger partial charge in [-0.1, -0.05) is 6.92 Å². The third-order valence-electron chi connectivity index (χ3n) is 3.99. The first kappa shape index (κ1) is 15.2. The van der Waals surface area contributed by atoms with E-state index < -0.39 is 0 Å². The molecule has 1 aromatic carbocycles. The lowest BCUT2D eigenvalue weighted by atomic mass is 10.1. The van der Waals surface area contributed by atoms with E-state index in [-0.39, 0.29) is 11.1 Å². The van der Waals surface area contributed by atoms with Crippen LogP contribution in [0.15, 0.2) is 30.5 Å². The summed E-state index contributed by atoms with van der Waals surface area (Å²) in [6.45, 7) is 7.03. The molecule has 116 valence electrons. The predicted molar refractivity (Wildman–Crippen MR) is 86.8 cm³/mol. The molecule has 1 saturated heterocycles. The second-order valence-corrected chi connectivity index (χ2v) is 5.67. The van der Waals surface area contributed by atoms with Crippen LogP contribution in [-0.2, 0) is 0 Å². The molecule has 1 aliphatic rings. The van der Waals surface area contributed by atoms with Gasteiger partial charge >= 0.3 is 0 Å². The zero-order valence-corrected chi connectivity index (χ0v) is 13.2. The molecule has 0 amide bonds. The van der Waals surface area contributed by atoms with E-state index in [9.17, 15) is 4.39 Å². The highest BCUT2D eigenvalue weighted by Crippen LogP contribution is 2.26.